The molecule has 0 radical (unpaired) electrons. The first kappa shape index (κ1) is 15.6. The lowest BCUT2D eigenvalue weighted by molar-refractivity contribution is 0.114. The normalized spacial score (nSPS) is 11.5. The Morgan fingerprint density at radius 1 is 1.47 bits per heavy atom. The highest BCUT2D eigenvalue weighted by atomic mass is 32.2. The van der Waals surface area contributed by atoms with Crippen LogP contribution >= 0.6 is 0 Å². The zero-order valence-electron chi connectivity index (χ0n) is 11.0. The van der Waals surface area contributed by atoms with E-state index in [-0.39, 0.29) is 17.1 Å². The molecule has 0 aliphatic heterocycles. The molecule has 1 N–H and O–H groups in total. The Kier molecular flexibility index (Phi) is 5.89. The van der Waals surface area contributed by atoms with Gasteiger partial charge in [0.25, 0.3) is 0 Å². The van der Waals surface area contributed by atoms with Crippen LogP contribution in [0.3, 0.4) is 0 Å². The van der Waals surface area contributed by atoms with Crippen LogP contribution in [-0.2, 0) is 14.8 Å². The van der Waals surface area contributed by atoms with E-state index in [4.69, 9.17) is 10.00 Å². The van der Waals surface area contributed by atoms with Crippen LogP contribution in [-0.4, -0.2) is 33.2 Å². The largest absolute Gasteiger partial charge is 0.380 e. The Morgan fingerprint density at radius 3 is 2.74 bits per heavy atom. The first-order valence-electron chi connectivity index (χ1n) is 5.89. The van der Waals surface area contributed by atoms with Gasteiger partial charge in [-0.25, -0.2) is 18.1 Å². The number of pyridine rings is 1. The van der Waals surface area contributed by atoms with Crippen molar-refractivity contribution >= 4 is 10.0 Å². The van der Waals surface area contributed by atoms with Gasteiger partial charge >= 0.3 is 0 Å². The van der Waals surface area contributed by atoms with Gasteiger partial charge in [-0.15, -0.1) is 0 Å². The quantitative estimate of drug-likeness (QED) is 0.751. The zero-order chi connectivity index (χ0) is 14.3. The van der Waals surface area contributed by atoms with Crippen LogP contribution in [0.25, 0.3) is 0 Å². The summed E-state index contributed by atoms with van der Waals surface area (Å²) in [5, 5.41) is 8.58. The van der Waals surface area contributed by atoms with Gasteiger partial charge in [0.15, 0.2) is 0 Å². The molecule has 1 rings (SSSR count). The molecule has 104 valence electrons. The highest BCUT2D eigenvalue weighted by Gasteiger charge is 2.13. The predicted octanol–water partition coefficient (Wildman–Crippen LogP) is 0.904. The highest BCUT2D eigenvalue weighted by molar-refractivity contribution is 7.89. The summed E-state index contributed by atoms with van der Waals surface area (Å²) in [7, 11) is -3.59. The standard InChI is InChI=1S/C12H17N3O3S/c1-10(2)9-18-6-5-15-19(16,17)12-4-3-11(7-13)14-8-12/h3-4,8,10,15H,5-6,9H2,1-2H3. The molecular formula is C12H17N3O3S. The third-order valence-corrected chi connectivity index (χ3v) is 3.60. The number of nitriles is 1. The van der Waals surface area contributed by atoms with Gasteiger partial charge in [-0.1, -0.05) is 13.8 Å². The third kappa shape index (κ3) is 5.34. The van der Waals surface area contributed by atoms with Gasteiger partial charge in [-0.2, -0.15) is 5.26 Å². The molecule has 0 aliphatic carbocycles. The molecule has 0 fully saturated rings. The lowest BCUT2D eigenvalue weighted by atomic mass is 10.2. The van der Waals surface area contributed by atoms with Gasteiger partial charge < -0.3 is 4.74 Å². The van der Waals surface area contributed by atoms with Crippen LogP contribution < -0.4 is 4.72 Å². The molecule has 0 amide bonds. The average Bonchev–Trinajstić information content (AvgIpc) is 2.38. The average molecular weight is 283 g/mol. The molecule has 1 aromatic heterocycles. The smallest absolute Gasteiger partial charge is 0.242 e. The maximum Gasteiger partial charge on any atom is 0.242 e. The lowest BCUT2D eigenvalue weighted by Gasteiger charge is -2.08. The number of ether oxygens (including phenoxy) is 1. The SMILES string of the molecule is CC(C)COCCNS(=O)(=O)c1ccc(C#N)nc1. The molecule has 0 aromatic carbocycles. The first-order chi connectivity index (χ1) is 8.95. The van der Waals surface area contributed by atoms with Crippen LogP contribution in [0, 0.1) is 17.2 Å². The Hall–Kier alpha value is -1.49. The molecule has 1 heterocycles. The number of nitrogens with zero attached hydrogens (tertiary/aromatic N) is 2. The van der Waals surface area contributed by atoms with Gasteiger partial charge in [0.1, 0.15) is 16.7 Å². The van der Waals surface area contributed by atoms with E-state index in [0.717, 1.165) is 6.20 Å². The molecule has 0 aliphatic rings. The van der Waals surface area contributed by atoms with Crippen molar-refractivity contribution in [2.45, 2.75) is 18.7 Å². The van der Waals surface area contributed by atoms with Crippen LogP contribution in [0.15, 0.2) is 23.2 Å². The number of sulfonamides is 1. The Balaban J connectivity index is 2.49. The van der Waals surface area contributed by atoms with Gasteiger partial charge in [-0.3, -0.25) is 0 Å². The van der Waals surface area contributed by atoms with Crippen molar-refractivity contribution in [3.63, 3.8) is 0 Å². The third-order valence-electron chi connectivity index (χ3n) is 2.15. The maximum absolute atomic E-state index is 11.8. The topological polar surface area (TPSA) is 92.1 Å². The van der Waals surface area contributed by atoms with Crippen molar-refractivity contribution in [1.82, 2.24) is 9.71 Å². The van der Waals surface area contributed by atoms with Gasteiger partial charge in [0.2, 0.25) is 10.0 Å². The van der Waals surface area contributed by atoms with E-state index in [1.54, 1.807) is 0 Å². The van der Waals surface area contributed by atoms with Crippen molar-refractivity contribution in [3.8, 4) is 6.07 Å². The summed E-state index contributed by atoms with van der Waals surface area (Å²) in [5.41, 5.74) is 0.180. The van der Waals surface area contributed by atoms with Crippen molar-refractivity contribution in [2.24, 2.45) is 5.92 Å². The van der Waals surface area contributed by atoms with Crippen molar-refractivity contribution in [2.75, 3.05) is 19.8 Å². The van der Waals surface area contributed by atoms with E-state index in [2.05, 4.69) is 9.71 Å². The van der Waals surface area contributed by atoms with E-state index in [9.17, 15) is 8.42 Å². The van der Waals surface area contributed by atoms with Crippen molar-refractivity contribution in [1.29, 1.82) is 5.26 Å². The first-order valence-corrected chi connectivity index (χ1v) is 7.37. The second-order valence-corrected chi connectivity index (χ2v) is 6.12. The van der Waals surface area contributed by atoms with Crippen LogP contribution in [0.2, 0.25) is 0 Å². The summed E-state index contributed by atoms with van der Waals surface area (Å²) >= 11 is 0. The molecule has 0 spiro atoms. The number of hydrogen-bond donors (Lipinski definition) is 1. The zero-order valence-corrected chi connectivity index (χ0v) is 11.8. The summed E-state index contributed by atoms with van der Waals surface area (Å²) < 4.78 is 31.4. The molecule has 0 unspecified atom stereocenters. The number of rotatable bonds is 7. The van der Waals surface area contributed by atoms with E-state index in [1.165, 1.54) is 12.1 Å². The predicted molar refractivity (Wildman–Crippen MR) is 69.8 cm³/mol. The molecular weight excluding hydrogens is 266 g/mol. The van der Waals surface area contributed by atoms with Crippen LogP contribution in [0.1, 0.15) is 19.5 Å². The molecule has 7 heteroatoms. The van der Waals surface area contributed by atoms with E-state index in [1.807, 2.05) is 19.9 Å². The molecule has 19 heavy (non-hydrogen) atoms. The minimum atomic E-state index is -3.59. The van der Waals surface area contributed by atoms with E-state index < -0.39 is 10.0 Å². The minimum Gasteiger partial charge on any atom is -0.380 e. The van der Waals surface area contributed by atoms with Gasteiger partial charge in [0.05, 0.1) is 6.61 Å². The minimum absolute atomic E-state index is 0.0374. The summed E-state index contributed by atoms with van der Waals surface area (Å²) in [6.45, 7) is 5.16. The summed E-state index contributed by atoms with van der Waals surface area (Å²) in [6, 6.07) is 4.54. The molecule has 6 nitrogen and oxygen atoms in total. The molecule has 0 bridgehead atoms. The maximum atomic E-state index is 11.8. The number of hydrogen-bond acceptors (Lipinski definition) is 5. The van der Waals surface area contributed by atoms with Crippen molar-refractivity contribution in [3.05, 3.63) is 24.0 Å². The lowest BCUT2D eigenvalue weighted by Crippen LogP contribution is -2.28. The molecule has 0 atom stereocenters. The highest BCUT2D eigenvalue weighted by Crippen LogP contribution is 2.06. The second kappa shape index (κ2) is 7.19. The number of aromatic nitrogens is 1. The van der Waals surface area contributed by atoms with Crippen LogP contribution in [0.5, 0.6) is 0 Å². The Labute approximate surface area is 113 Å². The fourth-order valence-corrected chi connectivity index (χ4v) is 2.21. The Morgan fingerprint density at radius 2 is 2.21 bits per heavy atom. The Bertz CT molecular complexity index is 532. The molecule has 1 aromatic rings. The van der Waals surface area contributed by atoms with Gasteiger partial charge in [-0.05, 0) is 18.1 Å². The monoisotopic (exact) mass is 283 g/mol. The molecule has 0 saturated carbocycles. The van der Waals surface area contributed by atoms with Crippen molar-refractivity contribution < 1.29 is 13.2 Å². The second-order valence-electron chi connectivity index (χ2n) is 4.36. The molecule has 0 saturated heterocycles. The van der Waals surface area contributed by atoms with E-state index in [0.29, 0.717) is 19.1 Å². The van der Waals surface area contributed by atoms with Gasteiger partial charge in [0, 0.05) is 19.3 Å². The fraction of sp³-hybridized carbons (Fsp3) is 0.500. The van der Waals surface area contributed by atoms with Crippen LogP contribution in [0.4, 0.5) is 0 Å². The van der Waals surface area contributed by atoms with E-state index >= 15 is 0 Å². The fourth-order valence-electron chi connectivity index (χ4n) is 1.26. The number of nitrogens with one attached hydrogen (secondary N) is 1. The summed E-state index contributed by atoms with van der Waals surface area (Å²) in [4.78, 5) is 3.76. The summed E-state index contributed by atoms with van der Waals surface area (Å²) in [5.74, 6) is 0.416. The summed E-state index contributed by atoms with van der Waals surface area (Å²) in [6.07, 6.45) is 1.16.